The van der Waals surface area contributed by atoms with Gasteiger partial charge in [-0.2, -0.15) is 9.29 Å². The Morgan fingerprint density at radius 2 is 1.88 bits per heavy atom. The van der Waals surface area contributed by atoms with E-state index in [1.165, 1.54) is 15.6 Å². The fourth-order valence-corrected chi connectivity index (χ4v) is 6.96. The monoisotopic (exact) mass is 502 g/mol. The predicted octanol–water partition coefficient (Wildman–Crippen LogP) is 4.89. The fraction of sp³-hybridized carbons (Fsp3) is 0.458. The van der Waals surface area contributed by atoms with Crippen molar-refractivity contribution in [2.75, 3.05) is 18.4 Å². The first-order chi connectivity index (χ1) is 16.1. The topological polar surface area (TPSA) is 105 Å². The summed E-state index contributed by atoms with van der Waals surface area (Å²) in [5, 5.41) is 7.02. The molecule has 182 valence electrons. The number of amides is 1. The molecule has 3 aromatic rings. The summed E-state index contributed by atoms with van der Waals surface area (Å²) in [5.74, 6) is 0.739. The number of nitrogens with one attached hydrogen (secondary N) is 1. The number of nitrogens with zero attached hydrogens (tertiary/aromatic N) is 3. The summed E-state index contributed by atoms with van der Waals surface area (Å²) < 4.78 is 33.5. The smallest absolute Gasteiger partial charge is 0.244 e. The van der Waals surface area contributed by atoms with Crippen LogP contribution in [-0.4, -0.2) is 41.9 Å². The van der Waals surface area contributed by atoms with Crippen LogP contribution in [0, 0.1) is 26.7 Å². The molecule has 1 aliphatic rings. The first kappa shape index (κ1) is 24.6. The van der Waals surface area contributed by atoms with Crippen LogP contribution in [-0.2, 0) is 14.8 Å². The first-order valence-corrected chi connectivity index (χ1v) is 13.6. The average Bonchev–Trinajstić information content (AvgIpc) is 3.44. The van der Waals surface area contributed by atoms with Gasteiger partial charge in [-0.15, -0.1) is 11.3 Å². The molecule has 0 unspecified atom stereocenters. The molecule has 1 aromatic carbocycles. The second-order valence-electron chi connectivity index (χ2n) is 9.13. The molecule has 4 rings (SSSR count). The Morgan fingerprint density at radius 3 is 2.53 bits per heavy atom. The minimum atomic E-state index is -3.68. The van der Waals surface area contributed by atoms with Crippen molar-refractivity contribution < 1.29 is 17.7 Å². The molecule has 1 aliphatic heterocycles. The summed E-state index contributed by atoms with van der Waals surface area (Å²) in [4.78, 5) is 18.8. The molecule has 1 N–H and O–H groups in total. The molecule has 2 aromatic heterocycles. The lowest BCUT2D eigenvalue weighted by Gasteiger charge is -2.30. The second kappa shape index (κ2) is 9.59. The Labute approximate surface area is 204 Å². The van der Waals surface area contributed by atoms with Gasteiger partial charge in [0.25, 0.3) is 0 Å². The molecule has 0 saturated carbocycles. The van der Waals surface area contributed by atoms with Crippen molar-refractivity contribution >= 4 is 33.0 Å². The molecule has 34 heavy (non-hydrogen) atoms. The summed E-state index contributed by atoms with van der Waals surface area (Å²) in [5.41, 5.74) is 2.89. The zero-order valence-electron chi connectivity index (χ0n) is 20.1. The molecule has 0 bridgehead atoms. The second-order valence-corrected chi connectivity index (χ2v) is 12.3. The number of sulfonamides is 1. The van der Waals surface area contributed by atoms with Crippen LogP contribution in [0.2, 0.25) is 0 Å². The van der Waals surface area contributed by atoms with E-state index in [4.69, 9.17) is 4.52 Å². The molecule has 0 aliphatic carbocycles. The molecular weight excluding hydrogens is 472 g/mol. The van der Waals surface area contributed by atoms with Crippen LogP contribution in [0.15, 0.2) is 33.7 Å². The van der Waals surface area contributed by atoms with Gasteiger partial charge in [0.1, 0.15) is 0 Å². The summed E-state index contributed by atoms with van der Waals surface area (Å²) in [7, 11) is -3.68. The van der Waals surface area contributed by atoms with Gasteiger partial charge in [0.05, 0.1) is 9.77 Å². The number of piperidine rings is 1. The minimum Gasteiger partial charge on any atom is -0.339 e. The van der Waals surface area contributed by atoms with Crippen LogP contribution < -0.4 is 5.32 Å². The number of aryl methyl sites for hydroxylation is 3. The number of carbonyl (C=O) groups excluding carboxylic acids is 1. The largest absolute Gasteiger partial charge is 0.339 e. The Balaban J connectivity index is 1.44. The van der Waals surface area contributed by atoms with Gasteiger partial charge in [0.2, 0.25) is 27.6 Å². The predicted molar refractivity (Wildman–Crippen MR) is 132 cm³/mol. The molecule has 0 radical (unpaired) electrons. The molecule has 3 heterocycles. The van der Waals surface area contributed by atoms with Gasteiger partial charge in [-0.1, -0.05) is 31.1 Å². The summed E-state index contributed by atoms with van der Waals surface area (Å²) in [6.45, 7) is 10.2. The molecule has 8 nitrogen and oxygen atoms in total. The van der Waals surface area contributed by atoms with Crippen molar-refractivity contribution in [1.82, 2.24) is 14.4 Å². The SMILES string of the molecule is Cc1ccc(C)c(NC(=O)C2CCN(S(=O)(=O)c3cc(-c4noc(C(C)C)n4)sc3C)CC2)c1. The van der Waals surface area contributed by atoms with Crippen LogP contribution >= 0.6 is 11.3 Å². The number of rotatable bonds is 6. The van der Waals surface area contributed by atoms with E-state index in [0.717, 1.165) is 16.8 Å². The Hall–Kier alpha value is -2.56. The van der Waals surface area contributed by atoms with Gasteiger partial charge in [-0.05, 0) is 56.9 Å². The van der Waals surface area contributed by atoms with Gasteiger partial charge >= 0.3 is 0 Å². The number of aromatic nitrogens is 2. The van der Waals surface area contributed by atoms with Crippen LogP contribution in [0.5, 0.6) is 0 Å². The van der Waals surface area contributed by atoms with Gasteiger partial charge in [0.15, 0.2) is 0 Å². The van der Waals surface area contributed by atoms with E-state index in [0.29, 0.717) is 47.4 Å². The van der Waals surface area contributed by atoms with Crippen molar-refractivity contribution in [3.05, 3.63) is 46.2 Å². The molecular formula is C24H30N4O4S2. The van der Waals surface area contributed by atoms with E-state index in [-0.39, 0.29) is 22.6 Å². The van der Waals surface area contributed by atoms with Crippen molar-refractivity contribution in [2.24, 2.45) is 5.92 Å². The van der Waals surface area contributed by atoms with Crippen molar-refractivity contribution in [2.45, 2.75) is 58.3 Å². The van der Waals surface area contributed by atoms with E-state index in [2.05, 4.69) is 15.5 Å². The Kier molecular flexibility index (Phi) is 6.93. The van der Waals surface area contributed by atoms with E-state index < -0.39 is 10.0 Å². The zero-order valence-corrected chi connectivity index (χ0v) is 21.7. The lowest BCUT2D eigenvalue weighted by molar-refractivity contribution is -0.120. The normalized spacial score (nSPS) is 15.7. The Morgan fingerprint density at radius 1 is 1.18 bits per heavy atom. The highest BCUT2D eigenvalue weighted by Gasteiger charge is 2.34. The van der Waals surface area contributed by atoms with Crippen LogP contribution in [0.1, 0.15) is 54.5 Å². The maximum absolute atomic E-state index is 13.4. The highest BCUT2D eigenvalue weighted by atomic mass is 32.2. The van der Waals surface area contributed by atoms with Crippen LogP contribution in [0.3, 0.4) is 0 Å². The van der Waals surface area contributed by atoms with Crippen LogP contribution in [0.25, 0.3) is 10.7 Å². The third-order valence-electron chi connectivity index (χ3n) is 6.12. The first-order valence-electron chi connectivity index (χ1n) is 11.4. The molecule has 10 heteroatoms. The number of carbonyl (C=O) groups is 1. The van der Waals surface area contributed by atoms with Crippen molar-refractivity contribution in [1.29, 1.82) is 0 Å². The fourth-order valence-electron chi connectivity index (χ4n) is 4.00. The molecule has 0 spiro atoms. The maximum Gasteiger partial charge on any atom is 0.244 e. The zero-order chi connectivity index (χ0) is 24.6. The quantitative estimate of drug-likeness (QED) is 0.515. The number of hydrogen-bond donors (Lipinski definition) is 1. The molecule has 1 fully saturated rings. The number of benzene rings is 1. The van der Waals surface area contributed by atoms with Gasteiger partial charge < -0.3 is 9.84 Å². The lowest BCUT2D eigenvalue weighted by Crippen LogP contribution is -2.41. The number of thiophene rings is 1. The summed E-state index contributed by atoms with van der Waals surface area (Å²) >= 11 is 1.34. The van der Waals surface area contributed by atoms with Gasteiger partial charge in [0, 0.05) is 35.5 Å². The van der Waals surface area contributed by atoms with E-state index in [1.54, 1.807) is 13.0 Å². The van der Waals surface area contributed by atoms with E-state index in [1.807, 2.05) is 45.9 Å². The standard InChI is InChI=1S/C24H30N4O4S2/c1-14(2)24-26-22(27-32-24)20-13-21(17(5)33-20)34(30,31)28-10-8-18(9-11-28)23(29)25-19-12-15(3)6-7-16(19)4/h6-7,12-14,18H,8-11H2,1-5H3,(H,25,29). The average molecular weight is 503 g/mol. The summed E-state index contributed by atoms with van der Waals surface area (Å²) in [6, 6.07) is 7.57. The van der Waals surface area contributed by atoms with Crippen molar-refractivity contribution in [3.8, 4) is 10.7 Å². The van der Waals surface area contributed by atoms with Crippen LogP contribution in [0.4, 0.5) is 5.69 Å². The minimum absolute atomic E-state index is 0.0576. The van der Waals surface area contributed by atoms with Gasteiger partial charge in [-0.25, -0.2) is 8.42 Å². The Bertz CT molecular complexity index is 1300. The third kappa shape index (κ3) is 4.94. The maximum atomic E-state index is 13.4. The lowest BCUT2D eigenvalue weighted by atomic mass is 9.97. The van der Waals surface area contributed by atoms with Gasteiger partial charge in [-0.3, -0.25) is 4.79 Å². The molecule has 1 saturated heterocycles. The third-order valence-corrected chi connectivity index (χ3v) is 9.32. The highest BCUT2D eigenvalue weighted by molar-refractivity contribution is 7.89. The van der Waals surface area contributed by atoms with E-state index >= 15 is 0 Å². The molecule has 0 atom stereocenters. The molecule has 1 amide bonds. The van der Waals surface area contributed by atoms with E-state index in [9.17, 15) is 13.2 Å². The summed E-state index contributed by atoms with van der Waals surface area (Å²) in [6.07, 6.45) is 0.961. The highest BCUT2D eigenvalue weighted by Crippen LogP contribution is 2.35. The van der Waals surface area contributed by atoms with Crippen molar-refractivity contribution in [3.63, 3.8) is 0 Å². The number of anilines is 1. The number of hydrogen-bond acceptors (Lipinski definition) is 7.